The Kier molecular flexibility index (Phi) is 4.62. The first-order valence-electron chi connectivity index (χ1n) is 6.87. The number of hydrogen-bond donors (Lipinski definition) is 1. The lowest BCUT2D eigenvalue weighted by molar-refractivity contribution is 0.375. The van der Waals surface area contributed by atoms with E-state index in [1.54, 1.807) is 0 Å². The van der Waals surface area contributed by atoms with Crippen LogP contribution in [0.1, 0.15) is 49.9 Å². The van der Waals surface area contributed by atoms with Crippen LogP contribution in [0.3, 0.4) is 0 Å². The zero-order valence-electron chi connectivity index (χ0n) is 12.5. The minimum absolute atomic E-state index is 0.360. The lowest BCUT2D eigenvalue weighted by Gasteiger charge is -2.22. The van der Waals surface area contributed by atoms with Gasteiger partial charge in [0, 0.05) is 15.0 Å². The summed E-state index contributed by atoms with van der Waals surface area (Å²) in [4.78, 5) is 7.41. The second-order valence-electron chi connectivity index (χ2n) is 6.46. The molecule has 1 N–H and O–H groups in total. The first-order valence-corrected chi connectivity index (χ1v) is 8.57. The molecule has 19 heavy (non-hydrogen) atoms. The highest BCUT2D eigenvalue weighted by Crippen LogP contribution is 2.32. The molecular weight excluding hydrogens is 272 g/mol. The van der Waals surface area contributed by atoms with E-state index in [9.17, 15) is 0 Å². The SMILES string of the molecule is Cc1ccc(C(C)NC2=NCC(CC(C)(C)C)S2)s1. The molecule has 0 bridgehead atoms. The van der Waals surface area contributed by atoms with Gasteiger partial charge in [0.15, 0.2) is 5.17 Å². The van der Waals surface area contributed by atoms with Crippen LogP contribution in [0, 0.1) is 12.3 Å². The van der Waals surface area contributed by atoms with Crippen molar-refractivity contribution in [2.75, 3.05) is 6.54 Å². The minimum Gasteiger partial charge on any atom is -0.358 e. The number of nitrogens with one attached hydrogen (secondary N) is 1. The van der Waals surface area contributed by atoms with E-state index in [1.165, 1.54) is 16.2 Å². The van der Waals surface area contributed by atoms with Gasteiger partial charge in [-0.2, -0.15) is 0 Å². The quantitative estimate of drug-likeness (QED) is 0.880. The Labute approximate surface area is 125 Å². The van der Waals surface area contributed by atoms with E-state index < -0.39 is 0 Å². The van der Waals surface area contributed by atoms with Crippen LogP contribution in [0.2, 0.25) is 0 Å². The molecule has 0 fully saturated rings. The van der Waals surface area contributed by atoms with Crippen molar-refractivity contribution in [2.45, 2.75) is 52.3 Å². The van der Waals surface area contributed by atoms with Crippen molar-refractivity contribution in [1.29, 1.82) is 0 Å². The molecule has 1 aliphatic rings. The summed E-state index contributed by atoms with van der Waals surface area (Å²) in [6.07, 6.45) is 1.22. The monoisotopic (exact) mass is 296 g/mol. The zero-order valence-corrected chi connectivity index (χ0v) is 14.1. The molecule has 0 saturated carbocycles. The maximum Gasteiger partial charge on any atom is 0.157 e. The van der Waals surface area contributed by atoms with Gasteiger partial charge in [0.05, 0.1) is 12.6 Å². The van der Waals surface area contributed by atoms with E-state index in [-0.39, 0.29) is 0 Å². The Morgan fingerprint density at radius 2 is 2.16 bits per heavy atom. The molecule has 4 heteroatoms. The summed E-state index contributed by atoms with van der Waals surface area (Å²) in [5.41, 5.74) is 0.388. The van der Waals surface area contributed by atoms with E-state index >= 15 is 0 Å². The maximum atomic E-state index is 4.65. The molecule has 2 nitrogen and oxygen atoms in total. The molecule has 0 aromatic carbocycles. The largest absolute Gasteiger partial charge is 0.358 e. The number of nitrogens with zero attached hydrogens (tertiary/aromatic N) is 1. The molecule has 2 rings (SSSR count). The zero-order chi connectivity index (χ0) is 14.0. The Morgan fingerprint density at radius 3 is 2.74 bits per heavy atom. The van der Waals surface area contributed by atoms with Crippen LogP contribution in [0.5, 0.6) is 0 Å². The summed E-state index contributed by atoms with van der Waals surface area (Å²) in [6, 6.07) is 4.76. The molecule has 106 valence electrons. The predicted octanol–water partition coefficient (Wildman–Crippen LogP) is 4.61. The second-order valence-corrected chi connectivity index (χ2v) is 9.07. The van der Waals surface area contributed by atoms with E-state index in [1.807, 2.05) is 23.1 Å². The van der Waals surface area contributed by atoms with Crippen molar-refractivity contribution in [3.63, 3.8) is 0 Å². The lowest BCUT2D eigenvalue weighted by Crippen LogP contribution is -2.23. The van der Waals surface area contributed by atoms with Gasteiger partial charge in [0.25, 0.3) is 0 Å². The van der Waals surface area contributed by atoms with Crippen molar-refractivity contribution >= 4 is 28.3 Å². The van der Waals surface area contributed by atoms with Crippen LogP contribution in [-0.2, 0) is 0 Å². The van der Waals surface area contributed by atoms with Crippen LogP contribution in [0.15, 0.2) is 17.1 Å². The number of rotatable bonds is 3. The molecule has 0 aliphatic carbocycles. The Bertz CT molecular complexity index is 457. The van der Waals surface area contributed by atoms with Crippen molar-refractivity contribution in [1.82, 2.24) is 5.32 Å². The second kappa shape index (κ2) is 5.88. The topological polar surface area (TPSA) is 24.4 Å². The van der Waals surface area contributed by atoms with Gasteiger partial charge >= 0.3 is 0 Å². The number of thioether (sulfide) groups is 1. The number of aliphatic imine (C=N–C) groups is 1. The van der Waals surface area contributed by atoms with Gasteiger partial charge in [-0.3, -0.25) is 4.99 Å². The summed E-state index contributed by atoms with van der Waals surface area (Å²) >= 11 is 3.77. The van der Waals surface area contributed by atoms with Crippen LogP contribution < -0.4 is 5.32 Å². The Morgan fingerprint density at radius 1 is 1.42 bits per heavy atom. The number of aryl methyl sites for hydroxylation is 1. The van der Waals surface area contributed by atoms with E-state index in [2.05, 4.69) is 57.1 Å². The summed E-state index contributed by atoms with van der Waals surface area (Å²) in [7, 11) is 0. The molecule has 0 radical (unpaired) electrons. The molecule has 0 saturated heterocycles. The van der Waals surface area contributed by atoms with Crippen LogP contribution in [0.25, 0.3) is 0 Å². The summed E-state index contributed by atoms with van der Waals surface area (Å²) in [6.45, 7) is 12.2. The molecule has 2 atom stereocenters. The molecular formula is C15H24N2S2. The van der Waals surface area contributed by atoms with Gasteiger partial charge in [-0.05, 0) is 37.8 Å². The summed E-state index contributed by atoms with van der Waals surface area (Å²) < 4.78 is 0. The minimum atomic E-state index is 0.360. The van der Waals surface area contributed by atoms with Crippen molar-refractivity contribution in [3.05, 3.63) is 21.9 Å². The van der Waals surface area contributed by atoms with Crippen LogP contribution in [-0.4, -0.2) is 17.0 Å². The van der Waals surface area contributed by atoms with Gasteiger partial charge in [0.2, 0.25) is 0 Å². The normalized spacial score (nSPS) is 21.3. The van der Waals surface area contributed by atoms with Gasteiger partial charge in [-0.15, -0.1) is 11.3 Å². The highest BCUT2D eigenvalue weighted by Gasteiger charge is 2.25. The first kappa shape index (κ1) is 14.9. The van der Waals surface area contributed by atoms with Crippen molar-refractivity contribution in [3.8, 4) is 0 Å². The Hall–Kier alpha value is -0.480. The maximum absolute atomic E-state index is 4.65. The van der Waals surface area contributed by atoms with Crippen molar-refractivity contribution in [2.24, 2.45) is 10.4 Å². The fourth-order valence-corrected chi connectivity index (χ4v) is 4.55. The standard InChI is InChI=1S/C15H24N2S2/c1-10-6-7-13(18-10)11(2)17-14-16-9-12(19-14)8-15(3,4)5/h6-7,11-12H,8-9H2,1-5H3,(H,16,17). The molecule has 1 aromatic rings. The van der Waals surface area contributed by atoms with Gasteiger partial charge in [-0.1, -0.05) is 32.5 Å². The van der Waals surface area contributed by atoms with Crippen LogP contribution in [0.4, 0.5) is 0 Å². The number of amidine groups is 1. The lowest BCUT2D eigenvalue weighted by atomic mass is 9.90. The van der Waals surface area contributed by atoms with Crippen LogP contribution >= 0.6 is 23.1 Å². The Balaban J connectivity index is 1.85. The van der Waals surface area contributed by atoms with Gasteiger partial charge < -0.3 is 5.32 Å². The first-order chi connectivity index (χ1) is 8.83. The highest BCUT2D eigenvalue weighted by atomic mass is 32.2. The van der Waals surface area contributed by atoms with E-state index in [0.29, 0.717) is 16.7 Å². The van der Waals surface area contributed by atoms with Gasteiger partial charge in [-0.25, -0.2) is 0 Å². The third kappa shape index (κ3) is 4.53. The van der Waals surface area contributed by atoms with E-state index in [0.717, 1.165) is 11.7 Å². The fraction of sp³-hybridized carbons (Fsp3) is 0.667. The summed E-state index contributed by atoms with van der Waals surface area (Å²) in [5.74, 6) is 0. The molecule has 2 unspecified atom stereocenters. The number of thiophene rings is 1. The fourth-order valence-electron chi connectivity index (χ4n) is 2.23. The summed E-state index contributed by atoms with van der Waals surface area (Å²) in [5, 5.41) is 5.30. The third-order valence-electron chi connectivity index (χ3n) is 3.08. The molecule has 1 aliphatic heterocycles. The molecule has 2 heterocycles. The smallest absolute Gasteiger partial charge is 0.157 e. The van der Waals surface area contributed by atoms with Crippen molar-refractivity contribution < 1.29 is 0 Å². The molecule has 1 aromatic heterocycles. The molecule has 0 spiro atoms. The highest BCUT2D eigenvalue weighted by molar-refractivity contribution is 8.14. The van der Waals surface area contributed by atoms with Gasteiger partial charge in [0.1, 0.15) is 0 Å². The third-order valence-corrected chi connectivity index (χ3v) is 5.39. The van der Waals surface area contributed by atoms with E-state index in [4.69, 9.17) is 0 Å². The molecule has 0 amide bonds. The number of hydrogen-bond acceptors (Lipinski definition) is 4. The predicted molar refractivity (Wildman–Crippen MR) is 88.4 cm³/mol. The average molecular weight is 297 g/mol. The average Bonchev–Trinajstić information content (AvgIpc) is 2.85.